The van der Waals surface area contributed by atoms with Gasteiger partial charge in [-0.1, -0.05) is 24.2 Å². The highest BCUT2D eigenvalue weighted by molar-refractivity contribution is 7.22. The predicted octanol–water partition coefficient (Wildman–Crippen LogP) is 2.74. The molecule has 1 N–H and O–H groups in total. The summed E-state index contributed by atoms with van der Waals surface area (Å²) in [5, 5.41) is 4.10. The fourth-order valence-corrected chi connectivity index (χ4v) is 4.79. The van der Waals surface area contributed by atoms with Crippen molar-refractivity contribution >= 4 is 32.6 Å². The van der Waals surface area contributed by atoms with E-state index in [9.17, 15) is 4.79 Å². The van der Waals surface area contributed by atoms with Gasteiger partial charge in [0.1, 0.15) is 0 Å². The second kappa shape index (κ2) is 8.99. The van der Waals surface area contributed by atoms with Crippen LogP contribution in [-0.4, -0.2) is 68.3 Å². The largest absolute Gasteiger partial charge is 0.378 e. The summed E-state index contributed by atoms with van der Waals surface area (Å²) in [6, 6.07) is 5.81. The summed E-state index contributed by atoms with van der Waals surface area (Å²) in [6.07, 6.45) is 5.23. The zero-order chi connectivity index (χ0) is 18.5. The molecule has 0 aliphatic carbocycles. The summed E-state index contributed by atoms with van der Waals surface area (Å²) < 4.78 is 6.48. The highest BCUT2D eigenvalue weighted by atomic mass is 32.1. The molecule has 7 heteroatoms. The molecule has 2 fully saturated rings. The second-order valence-corrected chi connectivity index (χ2v) is 8.30. The van der Waals surface area contributed by atoms with E-state index in [2.05, 4.69) is 15.1 Å². The molecule has 3 heterocycles. The first kappa shape index (κ1) is 18.7. The smallest absolute Gasteiger partial charge is 0.251 e. The van der Waals surface area contributed by atoms with E-state index in [0.29, 0.717) is 6.54 Å². The average Bonchev–Trinajstić information content (AvgIpc) is 2.96. The van der Waals surface area contributed by atoms with Crippen molar-refractivity contribution in [3.8, 4) is 0 Å². The third-order valence-corrected chi connectivity index (χ3v) is 6.41. The summed E-state index contributed by atoms with van der Waals surface area (Å²) >= 11 is 1.66. The van der Waals surface area contributed by atoms with Gasteiger partial charge in [-0.25, -0.2) is 4.98 Å². The number of carbonyl (C=O) groups excluding carboxylic acids is 1. The third-order valence-electron chi connectivity index (χ3n) is 5.33. The molecule has 1 amide bonds. The molecule has 27 heavy (non-hydrogen) atoms. The van der Waals surface area contributed by atoms with Crippen molar-refractivity contribution in [3.63, 3.8) is 0 Å². The minimum Gasteiger partial charge on any atom is -0.378 e. The van der Waals surface area contributed by atoms with Crippen molar-refractivity contribution in [1.82, 2.24) is 15.2 Å². The fourth-order valence-electron chi connectivity index (χ4n) is 3.73. The van der Waals surface area contributed by atoms with E-state index in [-0.39, 0.29) is 5.91 Å². The standard InChI is InChI=1S/C20H28N4O2S/c25-19(21-7-10-23-8-3-1-2-4-9-23)16-5-6-17-18(15-16)27-20(22-17)24-11-13-26-14-12-24/h5-6,15H,1-4,7-14H2,(H,21,25). The summed E-state index contributed by atoms with van der Waals surface area (Å²) in [7, 11) is 0. The molecule has 0 atom stereocenters. The number of nitrogens with one attached hydrogen (secondary N) is 1. The molecule has 0 radical (unpaired) electrons. The summed E-state index contributed by atoms with van der Waals surface area (Å²) in [6.45, 7) is 7.23. The van der Waals surface area contributed by atoms with Crippen LogP contribution >= 0.6 is 11.3 Å². The summed E-state index contributed by atoms with van der Waals surface area (Å²) in [4.78, 5) is 22.0. The van der Waals surface area contributed by atoms with Crippen molar-refractivity contribution in [2.75, 3.05) is 57.4 Å². The van der Waals surface area contributed by atoms with Gasteiger partial charge in [-0.05, 0) is 44.1 Å². The molecular formula is C20H28N4O2S. The molecule has 1 aromatic heterocycles. The van der Waals surface area contributed by atoms with Gasteiger partial charge in [0.05, 0.1) is 23.4 Å². The molecule has 4 rings (SSSR count). The molecule has 2 aliphatic heterocycles. The number of amides is 1. The van der Waals surface area contributed by atoms with E-state index in [1.165, 1.54) is 25.7 Å². The lowest BCUT2D eigenvalue weighted by Gasteiger charge is -2.25. The lowest BCUT2D eigenvalue weighted by atomic mass is 10.2. The topological polar surface area (TPSA) is 57.7 Å². The van der Waals surface area contributed by atoms with Crippen LogP contribution < -0.4 is 10.2 Å². The van der Waals surface area contributed by atoms with Crippen molar-refractivity contribution in [1.29, 1.82) is 0 Å². The number of benzene rings is 1. The van der Waals surface area contributed by atoms with Crippen LogP contribution in [0.4, 0.5) is 5.13 Å². The highest BCUT2D eigenvalue weighted by Gasteiger charge is 2.16. The van der Waals surface area contributed by atoms with Crippen LogP contribution in [0.1, 0.15) is 36.0 Å². The maximum atomic E-state index is 12.5. The van der Waals surface area contributed by atoms with Crippen molar-refractivity contribution in [3.05, 3.63) is 23.8 Å². The summed E-state index contributed by atoms with van der Waals surface area (Å²) in [5.41, 5.74) is 1.68. The number of likely N-dealkylation sites (tertiary alicyclic amines) is 1. The first-order valence-corrected chi connectivity index (χ1v) is 10.8. The zero-order valence-corrected chi connectivity index (χ0v) is 16.6. The van der Waals surface area contributed by atoms with Gasteiger partial charge in [-0.2, -0.15) is 0 Å². The van der Waals surface area contributed by atoms with Crippen LogP contribution in [0.5, 0.6) is 0 Å². The highest BCUT2D eigenvalue weighted by Crippen LogP contribution is 2.30. The molecule has 0 bridgehead atoms. The number of hydrogen-bond donors (Lipinski definition) is 1. The van der Waals surface area contributed by atoms with Crippen LogP contribution in [-0.2, 0) is 4.74 Å². The van der Waals surface area contributed by atoms with Gasteiger partial charge >= 0.3 is 0 Å². The average molecular weight is 389 g/mol. The quantitative estimate of drug-likeness (QED) is 0.854. The first-order valence-electron chi connectivity index (χ1n) is 10.0. The number of thiazole rings is 1. The van der Waals surface area contributed by atoms with Crippen molar-refractivity contribution in [2.45, 2.75) is 25.7 Å². The molecule has 1 aromatic carbocycles. The molecule has 0 spiro atoms. The Labute approximate surface area is 164 Å². The van der Waals surface area contributed by atoms with E-state index in [4.69, 9.17) is 9.72 Å². The molecule has 0 saturated carbocycles. The van der Waals surface area contributed by atoms with Gasteiger partial charge < -0.3 is 19.9 Å². The number of rotatable bonds is 5. The number of hydrogen-bond acceptors (Lipinski definition) is 6. The molecule has 2 saturated heterocycles. The van der Waals surface area contributed by atoms with Gasteiger partial charge in [-0.15, -0.1) is 0 Å². The lowest BCUT2D eigenvalue weighted by Crippen LogP contribution is -2.36. The number of anilines is 1. The Balaban J connectivity index is 1.35. The van der Waals surface area contributed by atoms with Gasteiger partial charge in [0.25, 0.3) is 5.91 Å². The number of nitrogens with zero attached hydrogens (tertiary/aromatic N) is 3. The first-order chi connectivity index (χ1) is 13.3. The van der Waals surface area contributed by atoms with E-state index < -0.39 is 0 Å². The maximum absolute atomic E-state index is 12.5. The third kappa shape index (κ3) is 4.78. The molecule has 2 aliphatic rings. The molecular weight excluding hydrogens is 360 g/mol. The SMILES string of the molecule is O=C(NCCN1CCCCCC1)c1ccc2nc(N3CCOCC3)sc2c1. The minimum absolute atomic E-state index is 0.00745. The fraction of sp³-hybridized carbons (Fsp3) is 0.600. The predicted molar refractivity (Wildman–Crippen MR) is 110 cm³/mol. The van der Waals surface area contributed by atoms with Gasteiger partial charge in [-0.3, -0.25) is 4.79 Å². The van der Waals surface area contributed by atoms with E-state index in [1.807, 2.05) is 18.2 Å². The van der Waals surface area contributed by atoms with E-state index in [1.54, 1.807) is 11.3 Å². The van der Waals surface area contributed by atoms with Crippen LogP contribution in [0.3, 0.4) is 0 Å². The number of aromatic nitrogens is 1. The van der Waals surface area contributed by atoms with Crippen molar-refractivity contribution in [2.24, 2.45) is 0 Å². The Bertz CT molecular complexity index is 764. The summed E-state index contributed by atoms with van der Waals surface area (Å²) in [5.74, 6) is 0.00745. The Hall–Kier alpha value is -1.70. The number of morpholine rings is 1. The van der Waals surface area contributed by atoms with Crippen LogP contribution in [0.25, 0.3) is 10.2 Å². The maximum Gasteiger partial charge on any atom is 0.251 e. The monoisotopic (exact) mass is 388 g/mol. The minimum atomic E-state index is 0.00745. The van der Waals surface area contributed by atoms with Gasteiger partial charge in [0.15, 0.2) is 5.13 Å². The Morgan fingerprint density at radius 2 is 1.89 bits per heavy atom. The zero-order valence-electron chi connectivity index (χ0n) is 15.8. The van der Waals surface area contributed by atoms with Gasteiger partial charge in [0.2, 0.25) is 0 Å². The van der Waals surface area contributed by atoms with Gasteiger partial charge in [0, 0.05) is 31.7 Å². The molecule has 146 valence electrons. The second-order valence-electron chi connectivity index (χ2n) is 7.29. The lowest BCUT2D eigenvalue weighted by molar-refractivity contribution is 0.0948. The Morgan fingerprint density at radius 1 is 1.11 bits per heavy atom. The molecule has 6 nitrogen and oxygen atoms in total. The molecule has 0 unspecified atom stereocenters. The van der Waals surface area contributed by atoms with Crippen molar-refractivity contribution < 1.29 is 9.53 Å². The Kier molecular flexibility index (Phi) is 6.21. The van der Waals surface area contributed by atoms with E-state index >= 15 is 0 Å². The number of ether oxygens (including phenoxy) is 1. The normalized spacial score (nSPS) is 19.2. The van der Waals surface area contributed by atoms with E-state index in [0.717, 1.165) is 66.8 Å². The number of carbonyl (C=O) groups is 1. The Morgan fingerprint density at radius 3 is 2.67 bits per heavy atom. The molecule has 2 aromatic rings. The van der Waals surface area contributed by atoms with Crippen LogP contribution in [0.2, 0.25) is 0 Å². The van der Waals surface area contributed by atoms with Crippen LogP contribution in [0.15, 0.2) is 18.2 Å². The van der Waals surface area contributed by atoms with Crippen LogP contribution in [0, 0.1) is 0 Å². The number of fused-ring (bicyclic) bond motifs is 1.